The molecule has 2 aromatic carbocycles. The van der Waals surface area contributed by atoms with E-state index >= 15 is 4.39 Å². The molecular formula is C30H37F3O. The fourth-order valence-corrected chi connectivity index (χ4v) is 5.88. The predicted molar refractivity (Wildman–Crippen MR) is 132 cm³/mol. The lowest BCUT2D eigenvalue weighted by atomic mass is 9.75. The first kappa shape index (κ1) is 24.9. The minimum atomic E-state index is -0.617. The van der Waals surface area contributed by atoms with Crippen LogP contribution < -0.4 is 4.74 Å². The highest BCUT2D eigenvalue weighted by molar-refractivity contribution is 5.32. The molecule has 4 heteroatoms. The first-order chi connectivity index (χ1) is 16.5. The average molecular weight is 471 g/mol. The summed E-state index contributed by atoms with van der Waals surface area (Å²) in [5.74, 6) is 0.151. The lowest BCUT2D eigenvalue weighted by Gasteiger charge is -2.30. The number of hydrogen-bond donors (Lipinski definition) is 0. The van der Waals surface area contributed by atoms with Crippen LogP contribution in [-0.2, 0) is 6.42 Å². The van der Waals surface area contributed by atoms with Crippen molar-refractivity contribution in [3.8, 4) is 5.75 Å². The van der Waals surface area contributed by atoms with Gasteiger partial charge >= 0.3 is 0 Å². The third-order valence-corrected chi connectivity index (χ3v) is 8.08. The molecule has 0 saturated heterocycles. The van der Waals surface area contributed by atoms with Gasteiger partial charge in [-0.15, -0.1) is 0 Å². The van der Waals surface area contributed by atoms with Crippen LogP contribution in [0.1, 0.15) is 93.2 Å². The summed E-state index contributed by atoms with van der Waals surface area (Å²) in [6.45, 7) is 6.10. The molecule has 1 nitrogen and oxygen atoms in total. The lowest BCUT2D eigenvalue weighted by molar-refractivity contribution is 0.303. The normalized spacial score (nSPS) is 25.2. The van der Waals surface area contributed by atoms with Gasteiger partial charge in [0.1, 0.15) is 6.61 Å². The van der Waals surface area contributed by atoms with Gasteiger partial charge in [-0.2, -0.15) is 0 Å². The second kappa shape index (κ2) is 11.5. The quantitative estimate of drug-likeness (QED) is 0.350. The van der Waals surface area contributed by atoms with Gasteiger partial charge in [0, 0.05) is 0 Å². The van der Waals surface area contributed by atoms with E-state index in [9.17, 15) is 8.78 Å². The van der Waals surface area contributed by atoms with Gasteiger partial charge in [-0.05, 0) is 104 Å². The molecule has 4 rings (SSSR count). The maximum Gasteiger partial charge on any atom is 0.165 e. The Morgan fingerprint density at radius 3 is 2.00 bits per heavy atom. The zero-order chi connectivity index (χ0) is 24.1. The van der Waals surface area contributed by atoms with Crippen LogP contribution in [0.3, 0.4) is 0 Å². The topological polar surface area (TPSA) is 9.23 Å². The Hall–Kier alpha value is -2.23. The SMILES string of the molecule is C=CCOc1ccc(CCC2CCC(c3ccc(C4CCC(C)CC4)c(F)c3F)CC2)cc1F. The highest BCUT2D eigenvalue weighted by Crippen LogP contribution is 2.42. The van der Waals surface area contributed by atoms with E-state index < -0.39 is 11.6 Å². The van der Waals surface area contributed by atoms with E-state index in [1.807, 2.05) is 18.2 Å². The maximum atomic E-state index is 15.1. The zero-order valence-electron chi connectivity index (χ0n) is 20.3. The third kappa shape index (κ3) is 5.87. The molecule has 34 heavy (non-hydrogen) atoms. The van der Waals surface area contributed by atoms with E-state index in [0.29, 0.717) is 23.0 Å². The molecule has 0 aliphatic heterocycles. The first-order valence-corrected chi connectivity index (χ1v) is 13.0. The molecule has 0 spiro atoms. The van der Waals surface area contributed by atoms with Crippen molar-refractivity contribution < 1.29 is 17.9 Å². The van der Waals surface area contributed by atoms with Crippen LogP contribution in [0.2, 0.25) is 0 Å². The number of aryl methyl sites for hydroxylation is 1. The van der Waals surface area contributed by atoms with Crippen LogP contribution in [0.15, 0.2) is 43.0 Å². The first-order valence-electron chi connectivity index (χ1n) is 13.0. The molecular weight excluding hydrogens is 433 g/mol. The Morgan fingerprint density at radius 1 is 0.853 bits per heavy atom. The molecule has 0 atom stereocenters. The van der Waals surface area contributed by atoms with E-state index in [1.165, 1.54) is 0 Å². The van der Waals surface area contributed by atoms with Gasteiger partial charge in [0.2, 0.25) is 0 Å². The monoisotopic (exact) mass is 470 g/mol. The smallest absolute Gasteiger partial charge is 0.165 e. The Kier molecular flexibility index (Phi) is 8.39. The molecule has 2 fully saturated rings. The standard InChI is InChI=1S/C30H37F3O/c1-3-18-34-28-17-10-22(19-27(28)31)7-6-21-8-13-24(14-9-21)26-16-15-25(29(32)30(26)33)23-11-4-20(2)5-12-23/h3,10,15-17,19-21,23-24H,1,4-9,11-14,18H2,2H3. The van der Waals surface area contributed by atoms with Crippen molar-refractivity contribution in [2.45, 2.75) is 83.0 Å². The van der Waals surface area contributed by atoms with Crippen molar-refractivity contribution in [3.05, 3.63) is 77.1 Å². The summed E-state index contributed by atoms with van der Waals surface area (Å²) < 4.78 is 49.6. The Balaban J connectivity index is 1.30. The number of rotatable bonds is 8. The number of halogens is 3. The highest BCUT2D eigenvalue weighted by atomic mass is 19.2. The van der Waals surface area contributed by atoms with E-state index in [4.69, 9.17) is 4.74 Å². The Morgan fingerprint density at radius 2 is 1.44 bits per heavy atom. The maximum absolute atomic E-state index is 15.1. The largest absolute Gasteiger partial charge is 0.486 e. The molecule has 2 aromatic rings. The van der Waals surface area contributed by atoms with Crippen molar-refractivity contribution in [1.29, 1.82) is 0 Å². The summed E-state index contributed by atoms with van der Waals surface area (Å²) in [5, 5.41) is 0. The van der Waals surface area contributed by atoms with Crippen LogP contribution in [0.5, 0.6) is 5.75 Å². The van der Waals surface area contributed by atoms with Crippen LogP contribution in [0.4, 0.5) is 13.2 Å². The molecule has 0 bridgehead atoms. The minimum absolute atomic E-state index is 0.0879. The second-order valence-corrected chi connectivity index (χ2v) is 10.4. The Labute approximate surface area is 202 Å². The predicted octanol–water partition coefficient (Wildman–Crippen LogP) is 8.87. The molecule has 0 heterocycles. The van der Waals surface area contributed by atoms with Gasteiger partial charge in [-0.25, -0.2) is 13.2 Å². The Bertz CT molecular complexity index is 969. The fraction of sp³-hybridized carbons (Fsp3) is 0.533. The van der Waals surface area contributed by atoms with Crippen molar-refractivity contribution in [1.82, 2.24) is 0 Å². The van der Waals surface area contributed by atoms with Gasteiger partial charge in [-0.1, -0.05) is 50.6 Å². The molecule has 2 aliphatic carbocycles. The lowest BCUT2D eigenvalue weighted by Crippen LogP contribution is -2.17. The number of hydrogen-bond acceptors (Lipinski definition) is 1. The summed E-state index contributed by atoms with van der Waals surface area (Å²) in [6, 6.07) is 8.86. The van der Waals surface area contributed by atoms with Gasteiger partial charge in [-0.3, -0.25) is 0 Å². The van der Waals surface area contributed by atoms with E-state index in [0.717, 1.165) is 69.8 Å². The second-order valence-electron chi connectivity index (χ2n) is 10.4. The molecule has 0 radical (unpaired) electrons. The van der Waals surface area contributed by atoms with E-state index in [-0.39, 0.29) is 30.0 Å². The zero-order valence-corrected chi connectivity index (χ0v) is 20.3. The average Bonchev–Trinajstić information content (AvgIpc) is 2.85. The number of benzene rings is 2. The molecule has 0 unspecified atom stereocenters. The van der Waals surface area contributed by atoms with Gasteiger partial charge in [0.25, 0.3) is 0 Å². The van der Waals surface area contributed by atoms with Crippen LogP contribution in [-0.4, -0.2) is 6.61 Å². The molecule has 0 N–H and O–H groups in total. The van der Waals surface area contributed by atoms with Crippen molar-refractivity contribution >= 4 is 0 Å². The molecule has 0 aromatic heterocycles. The van der Waals surface area contributed by atoms with Crippen LogP contribution >= 0.6 is 0 Å². The summed E-state index contributed by atoms with van der Waals surface area (Å²) in [6.07, 6.45) is 11.2. The van der Waals surface area contributed by atoms with E-state index in [1.54, 1.807) is 18.2 Å². The highest BCUT2D eigenvalue weighted by Gasteiger charge is 2.29. The van der Waals surface area contributed by atoms with Crippen LogP contribution in [0, 0.1) is 29.3 Å². The van der Waals surface area contributed by atoms with Crippen molar-refractivity contribution in [2.75, 3.05) is 6.61 Å². The summed E-state index contributed by atoms with van der Waals surface area (Å²) >= 11 is 0. The van der Waals surface area contributed by atoms with Crippen molar-refractivity contribution in [2.24, 2.45) is 11.8 Å². The molecule has 2 saturated carbocycles. The summed E-state index contributed by atoms with van der Waals surface area (Å²) in [4.78, 5) is 0. The molecule has 2 aliphatic rings. The third-order valence-electron chi connectivity index (χ3n) is 8.08. The minimum Gasteiger partial charge on any atom is -0.486 e. The summed E-state index contributed by atoms with van der Waals surface area (Å²) in [7, 11) is 0. The molecule has 0 amide bonds. The van der Waals surface area contributed by atoms with E-state index in [2.05, 4.69) is 13.5 Å². The fourth-order valence-electron chi connectivity index (χ4n) is 5.88. The number of ether oxygens (including phenoxy) is 1. The summed E-state index contributed by atoms with van der Waals surface area (Å²) in [5.41, 5.74) is 2.10. The molecule has 184 valence electrons. The van der Waals surface area contributed by atoms with Gasteiger partial charge in [0.15, 0.2) is 23.2 Å². The van der Waals surface area contributed by atoms with Crippen LogP contribution in [0.25, 0.3) is 0 Å². The van der Waals surface area contributed by atoms with Gasteiger partial charge in [0.05, 0.1) is 0 Å². The van der Waals surface area contributed by atoms with Gasteiger partial charge < -0.3 is 4.74 Å². The van der Waals surface area contributed by atoms with Crippen molar-refractivity contribution in [3.63, 3.8) is 0 Å².